The van der Waals surface area contributed by atoms with Gasteiger partial charge in [-0.05, 0) is 23.9 Å². The molecule has 0 saturated carbocycles. The monoisotopic (exact) mass is 260 g/mol. The molecule has 19 heavy (non-hydrogen) atoms. The van der Waals surface area contributed by atoms with Crippen molar-refractivity contribution in [2.75, 3.05) is 13.2 Å². The zero-order valence-corrected chi connectivity index (χ0v) is 12.1. The molecule has 0 unspecified atom stereocenters. The lowest BCUT2D eigenvalue weighted by Gasteiger charge is -2.06. The number of unbranched alkanes of at least 4 members (excludes halogenated alkanes) is 5. The van der Waals surface area contributed by atoms with Crippen LogP contribution in [0.3, 0.4) is 0 Å². The van der Waals surface area contributed by atoms with Gasteiger partial charge in [-0.15, -0.1) is 0 Å². The molecule has 0 radical (unpaired) electrons. The van der Waals surface area contributed by atoms with Gasteiger partial charge in [-0.25, -0.2) is 0 Å². The van der Waals surface area contributed by atoms with Gasteiger partial charge in [0.1, 0.15) is 0 Å². The molecule has 0 aromatic heterocycles. The maximum Gasteiger partial charge on any atom is 0.494 e. The summed E-state index contributed by atoms with van der Waals surface area (Å²) in [6, 6.07) is 8.71. The molecule has 0 bridgehead atoms. The van der Waals surface area contributed by atoms with Crippen LogP contribution in [0.2, 0.25) is 0 Å². The number of rotatable bonds is 8. The minimum Gasteiger partial charge on any atom is -0.405 e. The predicted molar refractivity (Wildman–Crippen MR) is 80.8 cm³/mol. The summed E-state index contributed by atoms with van der Waals surface area (Å²) in [6.45, 7) is 3.69. The van der Waals surface area contributed by atoms with E-state index < -0.39 is 0 Å². The topological polar surface area (TPSA) is 18.5 Å². The second kappa shape index (κ2) is 8.39. The fourth-order valence-corrected chi connectivity index (χ4v) is 2.50. The summed E-state index contributed by atoms with van der Waals surface area (Å²) in [5, 5.41) is 0. The van der Waals surface area contributed by atoms with Crippen molar-refractivity contribution in [3.8, 4) is 0 Å². The van der Waals surface area contributed by atoms with Crippen LogP contribution in [0.5, 0.6) is 0 Å². The van der Waals surface area contributed by atoms with Crippen LogP contribution in [0.1, 0.15) is 51.0 Å². The van der Waals surface area contributed by atoms with Crippen LogP contribution in [0.15, 0.2) is 24.3 Å². The maximum atomic E-state index is 5.49. The highest BCUT2D eigenvalue weighted by molar-refractivity contribution is 6.61. The van der Waals surface area contributed by atoms with E-state index in [9.17, 15) is 0 Å². The first-order chi connectivity index (χ1) is 9.40. The summed E-state index contributed by atoms with van der Waals surface area (Å²) in [5.74, 6) is 0. The minimum absolute atomic E-state index is 0.136. The van der Waals surface area contributed by atoms with Gasteiger partial charge < -0.3 is 9.31 Å². The average molecular weight is 260 g/mol. The number of hydrogen-bond acceptors (Lipinski definition) is 2. The fourth-order valence-electron chi connectivity index (χ4n) is 2.50. The summed E-state index contributed by atoms with van der Waals surface area (Å²) >= 11 is 0. The molecule has 0 atom stereocenters. The Kier molecular flexibility index (Phi) is 6.45. The highest BCUT2D eigenvalue weighted by Gasteiger charge is 2.25. The van der Waals surface area contributed by atoms with E-state index in [2.05, 4.69) is 31.2 Å². The van der Waals surface area contributed by atoms with Crippen molar-refractivity contribution < 1.29 is 9.31 Å². The van der Waals surface area contributed by atoms with E-state index in [4.69, 9.17) is 9.31 Å². The van der Waals surface area contributed by atoms with Gasteiger partial charge in [-0.3, -0.25) is 0 Å². The van der Waals surface area contributed by atoms with Gasteiger partial charge in [0.2, 0.25) is 0 Å². The normalized spacial score (nSPS) is 15.1. The molecule has 2 nitrogen and oxygen atoms in total. The second-order valence-electron chi connectivity index (χ2n) is 5.33. The molecule has 0 aliphatic carbocycles. The van der Waals surface area contributed by atoms with Crippen molar-refractivity contribution in [1.29, 1.82) is 0 Å². The van der Waals surface area contributed by atoms with Crippen molar-refractivity contribution in [2.24, 2.45) is 0 Å². The Morgan fingerprint density at radius 3 is 2.21 bits per heavy atom. The first-order valence-corrected chi connectivity index (χ1v) is 7.72. The molecule has 1 saturated heterocycles. The van der Waals surface area contributed by atoms with Crippen LogP contribution in [0.25, 0.3) is 0 Å². The van der Waals surface area contributed by atoms with Crippen molar-refractivity contribution in [3.63, 3.8) is 0 Å². The lowest BCUT2D eigenvalue weighted by atomic mass is 9.79. The van der Waals surface area contributed by atoms with Gasteiger partial charge in [-0.1, -0.05) is 63.3 Å². The standard InChI is InChI=1S/C16H25BO2/c1-2-3-4-5-6-7-8-15-9-11-16(12-10-15)17-18-13-14-19-17/h9-12H,2-8,13-14H2,1H3. The highest BCUT2D eigenvalue weighted by atomic mass is 16.6. The van der Waals surface area contributed by atoms with Gasteiger partial charge in [0.05, 0.1) is 13.2 Å². The zero-order chi connectivity index (χ0) is 13.3. The Bertz CT molecular complexity index is 344. The number of benzene rings is 1. The highest BCUT2D eigenvalue weighted by Crippen LogP contribution is 2.10. The van der Waals surface area contributed by atoms with E-state index in [1.807, 2.05) is 0 Å². The summed E-state index contributed by atoms with van der Waals surface area (Å²) < 4.78 is 11.0. The Labute approximate surface area is 117 Å². The van der Waals surface area contributed by atoms with Crippen LogP contribution < -0.4 is 5.46 Å². The molecule has 3 heteroatoms. The van der Waals surface area contributed by atoms with Crippen LogP contribution >= 0.6 is 0 Å². The molecule has 1 heterocycles. The summed E-state index contributed by atoms with van der Waals surface area (Å²) in [7, 11) is -0.136. The fraction of sp³-hybridized carbons (Fsp3) is 0.625. The van der Waals surface area contributed by atoms with Gasteiger partial charge in [0.15, 0.2) is 0 Å². The van der Waals surface area contributed by atoms with Crippen molar-refractivity contribution in [3.05, 3.63) is 29.8 Å². The molecule has 1 aromatic rings. The average Bonchev–Trinajstić information content (AvgIpc) is 2.97. The molecule has 0 spiro atoms. The third-order valence-electron chi connectivity index (χ3n) is 3.69. The third-order valence-corrected chi connectivity index (χ3v) is 3.69. The minimum atomic E-state index is -0.136. The largest absolute Gasteiger partial charge is 0.494 e. The molecule has 1 aromatic carbocycles. The lowest BCUT2D eigenvalue weighted by molar-refractivity contribution is 0.365. The molecule has 2 rings (SSSR count). The molecule has 0 N–H and O–H groups in total. The van der Waals surface area contributed by atoms with E-state index in [1.165, 1.54) is 50.5 Å². The van der Waals surface area contributed by atoms with Gasteiger partial charge in [0, 0.05) is 0 Å². The quantitative estimate of drug-likeness (QED) is 0.527. The van der Waals surface area contributed by atoms with Crippen LogP contribution in [-0.2, 0) is 15.7 Å². The predicted octanol–water partition coefficient (Wildman–Crippen LogP) is 3.33. The van der Waals surface area contributed by atoms with E-state index in [-0.39, 0.29) is 7.12 Å². The van der Waals surface area contributed by atoms with Crippen LogP contribution in [0, 0.1) is 0 Å². The molecule has 1 aliphatic rings. The molecular weight excluding hydrogens is 235 g/mol. The molecule has 1 fully saturated rings. The zero-order valence-electron chi connectivity index (χ0n) is 12.1. The Morgan fingerprint density at radius 2 is 1.53 bits per heavy atom. The number of aryl methyl sites for hydroxylation is 1. The SMILES string of the molecule is CCCCCCCCc1ccc(B2OCCO2)cc1. The van der Waals surface area contributed by atoms with E-state index in [0.29, 0.717) is 13.2 Å². The summed E-state index contributed by atoms with van der Waals surface area (Å²) in [4.78, 5) is 0. The Balaban J connectivity index is 1.67. The summed E-state index contributed by atoms with van der Waals surface area (Å²) in [6.07, 6.45) is 9.35. The smallest absolute Gasteiger partial charge is 0.405 e. The molecular formula is C16H25BO2. The number of hydrogen-bond donors (Lipinski definition) is 0. The molecule has 1 aliphatic heterocycles. The Hall–Kier alpha value is -0.795. The van der Waals surface area contributed by atoms with Crippen molar-refractivity contribution in [1.82, 2.24) is 0 Å². The summed E-state index contributed by atoms with van der Waals surface area (Å²) in [5.41, 5.74) is 2.57. The van der Waals surface area contributed by atoms with E-state index >= 15 is 0 Å². The van der Waals surface area contributed by atoms with E-state index in [1.54, 1.807) is 0 Å². The Morgan fingerprint density at radius 1 is 0.895 bits per heavy atom. The van der Waals surface area contributed by atoms with E-state index in [0.717, 1.165) is 5.46 Å². The molecule has 104 valence electrons. The van der Waals surface area contributed by atoms with Crippen molar-refractivity contribution in [2.45, 2.75) is 51.9 Å². The van der Waals surface area contributed by atoms with Gasteiger partial charge in [-0.2, -0.15) is 0 Å². The molecule has 0 amide bonds. The first-order valence-electron chi connectivity index (χ1n) is 7.72. The maximum absolute atomic E-state index is 5.49. The lowest BCUT2D eigenvalue weighted by Crippen LogP contribution is -2.31. The van der Waals surface area contributed by atoms with Gasteiger partial charge in [0.25, 0.3) is 0 Å². The first kappa shape index (κ1) is 14.6. The van der Waals surface area contributed by atoms with Gasteiger partial charge >= 0.3 is 7.12 Å². The second-order valence-corrected chi connectivity index (χ2v) is 5.33. The van der Waals surface area contributed by atoms with Crippen molar-refractivity contribution >= 4 is 12.6 Å². The van der Waals surface area contributed by atoms with Crippen LogP contribution in [0.4, 0.5) is 0 Å². The van der Waals surface area contributed by atoms with Crippen LogP contribution in [-0.4, -0.2) is 20.3 Å². The third kappa shape index (κ3) is 5.00.